The molecule has 0 radical (unpaired) electrons. The zero-order valence-corrected chi connectivity index (χ0v) is 36.8. The average Bonchev–Trinajstić information content (AvgIpc) is 4.37. The van der Waals surface area contributed by atoms with E-state index in [2.05, 4.69) is 29.9 Å². The quantitative estimate of drug-likeness (QED) is 0.0889. The summed E-state index contributed by atoms with van der Waals surface area (Å²) in [5, 5.41) is -24.2. The molecule has 2 aliphatic rings. The minimum Gasteiger partial charge on any atom is -0.324 e. The van der Waals surface area contributed by atoms with Crippen molar-refractivity contribution in [3.8, 4) is 45.6 Å². The van der Waals surface area contributed by atoms with Gasteiger partial charge in [0.15, 0.2) is 116 Å². The van der Waals surface area contributed by atoms with Gasteiger partial charge in [-0.25, -0.2) is 135 Å². The van der Waals surface area contributed by atoms with E-state index in [1.807, 2.05) is 9.97 Å². The number of fused-ring (bicyclic) bond motifs is 24. The first-order valence-electron chi connectivity index (χ1n) is 21.2. The molecule has 5 heterocycles. The molecule has 0 amide bonds. The van der Waals surface area contributed by atoms with Gasteiger partial charge in [-0.1, -0.05) is 0 Å². The van der Waals surface area contributed by atoms with Gasteiger partial charge in [-0.15, -0.1) is 0 Å². The van der Waals surface area contributed by atoms with Crippen LogP contribution in [0.1, 0.15) is 0 Å². The molecular formula is C48H2F24N8. The monoisotopic (exact) mass is 1150 g/mol. The second-order valence-corrected chi connectivity index (χ2v) is 17.1. The Morgan fingerprint density at radius 3 is 0.463 bits per heavy atom. The van der Waals surface area contributed by atoms with E-state index < -0.39 is 272 Å². The lowest BCUT2D eigenvalue weighted by molar-refractivity contribution is 0.414. The van der Waals surface area contributed by atoms with Crippen LogP contribution < -0.4 is 0 Å². The standard InChI is InChI=1S/C48H2F24N8/c49-17-1-2(26(58)34(66)33(65)25(1)57)18(50)10-9(17)41-73-42(10)78-44-13-14(22(54)6-5(21(13)53)29(61)37(69)38(70)30(6)62)46(75-44)80-48-16-15(23(55)7-8(24(16)56)32(64)40(72)39(71)31(7)63)47(76-48)79-45-12-11(43(74-45)77-41)19(51)3-4(20(12)52)28(60)36(68)35(67)27(3)59/h(H2,73,74,75,76,77,78,79,80). The average molecular weight is 1150 g/mol. The Bertz CT molecular complexity index is 4510. The number of halogens is 24. The van der Waals surface area contributed by atoms with Crippen LogP contribution in [-0.4, -0.2) is 39.9 Å². The third-order valence-corrected chi connectivity index (χ3v) is 13.2. The minimum atomic E-state index is -2.82. The first-order valence-corrected chi connectivity index (χ1v) is 21.2. The molecule has 2 N–H and O–H groups in total. The number of H-pyrrole nitrogens is 2. The van der Waals surface area contributed by atoms with Crippen LogP contribution >= 0.6 is 0 Å². The van der Waals surface area contributed by atoms with Gasteiger partial charge in [0.1, 0.15) is 69.1 Å². The van der Waals surface area contributed by atoms with Crippen LogP contribution in [0.25, 0.3) is 133 Å². The smallest absolute Gasteiger partial charge is 0.198 e. The molecule has 3 aromatic heterocycles. The van der Waals surface area contributed by atoms with Crippen molar-refractivity contribution in [2.45, 2.75) is 0 Å². The molecule has 402 valence electrons. The summed E-state index contributed by atoms with van der Waals surface area (Å²) in [7, 11) is 0. The first kappa shape index (κ1) is 50.0. The van der Waals surface area contributed by atoms with Crippen molar-refractivity contribution in [2.24, 2.45) is 0 Å². The molecule has 8 aromatic carbocycles. The highest BCUT2D eigenvalue weighted by Gasteiger charge is 2.40. The fourth-order valence-electron chi connectivity index (χ4n) is 9.76. The van der Waals surface area contributed by atoms with Crippen LogP contribution in [-0.2, 0) is 0 Å². The van der Waals surface area contributed by atoms with Crippen molar-refractivity contribution < 1.29 is 105 Å². The van der Waals surface area contributed by atoms with Crippen LogP contribution in [0.3, 0.4) is 0 Å². The van der Waals surface area contributed by atoms with Crippen molar-refractivity contribution in [3.05, 3.63) is 140 Å². The maximum atomic E-state index is 17.0. The van der Waals surface area contributed by atoms with Crippen molar-refractivity contribution in [3.63, 3.8) is 0 Å². The zero-order valence-electron chi connectivity index (χ0n) is 36.8. The fourth-order valence-corrected chi connectivity index (χ4v) is 9.76. The van der Waals surface area contributed by atoms with Crippen molar-refractivity contribution in [1.82, 2.24) is 39.9 Å². The van der Waals surface area contributed by atoms with Gasteiger partial charge in [0.05, 0.1) is 86.9 Å². The highest BCUT2D eigenvalue weighted by molar-refractivity contribution is 6.15. The van der Waals surface area contributed by atoms with Crippen molar-refractivity contribution >= 4 is 87.2 Å². The van der Waals surface area contributed by atoms with Gasteiger partial charge in [0.2, 0.25) is 0 Å². The van der Waals surface area contributed by atoms with Gasteiger partial charge in [0, 0.05) is 0 Å². The number of aromatic nitrogens is 8. The maximum absolute atomic E-state index is 17.0. The summed E-state index contributed by atoms with van der Waals surface area (Å²) < 4.78 is 378. The minimum absolute atomic E-state index is 1.61. The van der Waals surface area contributed by atoms with E-state index in [-0.39, 0.29) is 0 Å². The van der Waals surface area contributed by atoms with E-state index in [1.54, 1.807) is 0 Å². The maximum Gasteiger partial charge on any atom is 0.198 e. The number of aromatic amines is 2. The topological polar surface area (TPSA) is 109 Å². The summed E-state index contributed by atoms with van der Waals surface area (Å²) in [5.74, 6) is -70.8. The van der Waals surface area contributed by atoms with Gasteiger partial charge >= 0.3 is 0 Å². The molecule has 32 heteroatoms. The summed E-state index contributed by atoms with van der Waals surface area (Å²) in [5.41, 5.74) is -13.5. The summed E-state index contributed by atoms with van der Waals surface area (Å²) in [6.45, 7) is 0. The van der Waals surface area contributed by atoms with Gasteiger partial charge in [-0.3, -0.25) is 0 Å². The number of nitrogens with one attached hydrogen (secondary N) is 2. The SMILES string of the molecule is Fc1c(F)c(F)c2c(F)c3c(c(F)c2c1F)-c1nc-3nc2[nH]c(nc3nc(nc4[nH]c(n1)c1c(F)c5c(F)c(F)c(F)c(F)c5c(F)c41)-c1c-3c(F)c3c(F)c(F)c(F)c(F)c3c1F)c1c(F)c3c(F)c(F)c(F)c(F)c3c(F)c21. The van der Waals surface area contributed by atoms with Crippen LogP contribution in [0.15, 0.2) is 0 Å². The first-order chi connectivity index (χ1) is 37.7. The number of nitrogens with zero attached hydrogens (tertiary/aromatic N) is 6. The molecule has 2 aliphatic heterocycles. The Hall–Kier alpha value is -9.52. The van der Waals surface area contributed by atoms with Gasteiger partial charge in [-0.05, 0) is 0 Å². The van der Waals surface area contributed by atoms with E-state index in [9.17, 15) is 35.1 Å². The number of benzene rings is 8. The second-order valence-electron chi connectivity index (χ2n) is 17.1. The van der Waals surface area contributed by atoms with Crippen molar-refractivity contribution in [2.75, 3.05) is 0 Å². The van der Waals surface area contributed by atoms with E-state index >= 15 is 70.2 Å². The molecule has 0 atom stereocenters. The van der Waals surface area contributed by atoms with Gasteiger partial charge in [0.25, 0.3) is 0 Å². The third-order valence-electron chi connectivity index (χ3n) is 13.2. The van der Waals surface area contributed by atoms with Crippen LogP contribution in [0.5, 0.6) is 0 Å². The molecule has 13 rings (SSSR count). The second kappa shape index (κ2) is 16.1. The molecule has 0 aliphatic carbocycles. The largest absolute Gasteiger partial charge is 0.324 e. The normalized spacial score (nSPS) is 12.5. The molecule has 0 spiro atoms. The molecular weight excluding hydrogens is 1140 g/mol. The van der Waals surface area contributed by atoms with E-state index in [0.717, 1.165) is 0 Å². The molecule has 11 aromatic rings. The lowest BCUT2D eigenvalue weighted by atomic mass is 9.98. The predicted octanol–water partition coefficient (Wildman–Crippen LogP) is 14.8. The highest BCUT2D eigenvalue weighted by atomic mass is 19.2. The molecule has 8 nitrogen and oxygen atoms in total. The summed E-state index contributed by atoms with van der Waals surface area (Å²) in [4.78, 5) is 25.6. The zero-order chi connectivity index (χ0) is 57.4. The Kier molecular flexibility index (Phi) is 10.0. The third kappa shape index (κ3) is 5.87. The van der Waals surface area contributed by atoms with E-state index in [0.29, 0.717) is 0 Å². The molecule has 80 heavy (non-hydrogen) atoms. The van der Waals surface area contributed by atoms with Crippen LogP contribution in [0.2, 0.25) is 0 Å². The lowest BCUT2D eigenvalue weighted by Crippen LogP contribution is -2.04. The summed E-state index contributed by atoms with van der Waals surface area (Å²) in [6.07, 6.45) is 0. The summed E-state index contributed by atoms with van der Waals surface area (Å²) >= 11 is 0. The molecule has 0 fully saturated rings. The summed E-state index contributed by atoms with van der Waals surface area (Å²) in [6, 6.07) is 0. The van der Waals surface area contributed by atoms with Gasteiger partial charge in [-0.2, -0.15) is 0 Å². The molecule has 0 saturated carbocycles. The Morgan fingerprint density at radius 2 is 0.300 bits per heavy atom. The predicted molar refractivity (Wildman–Crippen MR) is 225 cm³/mol. The van der Waals surface area contributed by atoms with Crippen LogP contribution in [0.4, 0.5) is 105 Å². The molecule has 0 unspecified atom stereocenters. The van der Waals surface area contributed by atoms with E-state index in [1.165, 1.54) is 0 Å². The Balaban J connectivity index is 1.35. The molecule has 0 saturated heterocycles. The Labute approximate surface area is 417 Å². The number of hydrogen-bond donors (Lipinski definition) is 2. The lowest BCUT2D eigenvalue weighted by Gasteiger charge is -2.11. The highest BCUT2D eigenvalue weighted by Crippen LogP contribution is 2.49. The fraction of sp³-hybridized carbons (Fsp3) is 0. The number of hydrogen-bond acceptors (Lipinski definition) is 6. The van der Waals surface area contributed by atoms with Crippen molar-refractivity contribution in [1.29, 1.82) is 0 Å². The van der Waals surface area contributed by atoms with E-state index in [4.69, 9.17) is 0 Å². The van der Waals surface area contributed by atoms with Gasteiger partial charge < -0.3 is 9.97 Å². The number of rotatable bonds is 0. The van der Waals surface area contributed by atoms with Crippen LogP contribution in [0, 0.1) is 140 Å². The molecule has 8 bridgehead atoms. The Morgan fingerprint density at radius 1 is 0.150 bits per heavy atom.